The molecule has 2 unspecified atom stereocenters. The molecule has 0 radical (unpaired) electrons. The minimum atomic E-state index is 0.345. The van der Waals surface area contributed by atoms with E-state index < -0.39 is 0 Å². The van der Waals surface area contributed by atoms with Crippen LogP contribution in [-0.4, -0.2) is 45.3 Å². The van der Waals surface area contributed by atoms with E-state index in [1.54, 1.807) is 0 Å². The number of likely N-dealkylation sites (tertiary alicyclic amines) is 1. The van der Waals surface area contributed by atoms with Crippen LogP contribution in [-0.2, 0) is 6.54 Å². The first-order valence-corrected chi connectivity index (χ1v) is 7.53. The Morgan fingerprint density at radius 3 is 2.79 bits per heavy atom. The van der Waals surface area contributed by atoms with E-state index in [1.165, 1.54) is 25.7 Å². The third kappa shape index (κ3) is 4.05. The summed E-state index contributed by atoms with van der Waals surface area (Å²) in [4.78, 5) is 6.79. The predicted molar refractivity (Wildman–Crippen MR) is 77.0 cm³/mol. The zero-order valence-corrected chi connectivity index (χ0v) is 12.3. The van der Waals surface area contributed by atoms with Crippen molar-refractivity contribution in [3.8, 4) is 0 Å². The Balaban J connectivity index is 1.68. The SMILES string of the molecule is Cc1nccn1CCCCN1CC(CO)CCC1C. The molecular weight excluding hydrogens is 238 g/mol. The quantitative estimate of drug-likeness (QED) is 0.801. The second-order valence-electron chi connectivity index (χ2n) is 5.84. The molecule has 1 aromatic rings. The third-order valence-electron chi connectivity index (χ3n) is 4.38. The van der Waals surface area contributed by atoms with Gasteiger partial charge in [-0.05, 0) is 52.0 Å². The maximum absolute atomic E-state index is 9.29. The molecule has 1 aliphatic rings. The molecule has 0 bridgehead atoms. The Kier molecular flexibility index (Phi) is 5.40. The van der Waals surface area contributed by atoms with Crippen molar-refractivity contribution in [3.63, 3.8) is 0 Å². The van der Waals surface area contributed by atoms with Gasteiger partial charge in [0.2, 0.25) is 0 Å². The molecule has 0 amide bonds. The van der Waals surface area contributed by atoms with Gasteiger partial charge in [0.25, 0.3) is 0 Å². The summed E-state index contributed by atoms with van der Waals surface area (Å²) in [6.45, 7) is 8.01. The van der Waals surface area contributed by atoms with Crippen LogP contribution in [0.25, 0.3) is 0 Å². The minimum Gasteiger partial charge on any atom is -0.396 e. The zero-order chi connectivity index (χ0) is 13.7. The van der Waals surface area contributed by atoms with Crippen LogP contribution in [0.4, 0.5) is 0 Å². The van der Waals surface area contributed by atoms with Gasteiger partial charge in [-0.1, -0.05) is 0 Å². The highest BCUT2D eigenvalue weighted by atomic mass is 16.3. The number of hydrogen-bond acceptors (Lipinski definition) is 3. The Bertz CT molecular complexity index is 377. The molecule has 0 spiro atoms. The molecule has 2 atom stereocenters. The molecule has 0 saturated carbocycles. The van der Waals surface area contributed by atoms with Crippen LogP contribution < -0.4 is 0 Å². The van der Waals surface area contributed by atoms with E-state index in [0.717, 1.165) is 25.5 Å². The van der Waals surface area contributed by atoms with Gasteiger partial charge in [0.15, 0.2) is 0 Å². The maximum atomic E-state index is 9.29. The first kappa shape index (κ1) is 14.5. The molecule has 1 fully saturated rings. The average molecular weight is 265 g/mol. The van der Waals surface area contributed by atoms with Gasteiger partial charge in [0.1, 0.15) is 5.82 Å². The van der Waals surface area contributed by atoms with Crippen LogP contribution in [0.3, 0.4) is 0 Å². The normalized spacial score (nSPS) is 24.8. The molecule has 108 valence electrons. The monoisotopic (exact) mass is 265 g/mol. The van der Waals surface area contributed by atoms with E-state index in [2.05, 4.69) is 34.5 Å². The number of hydrogen-bond donors (Lipinski definition) is 1. The van der Waals surface area contributed by atoms with Crippen molar-refractivity contribution in [3.05, 3.63) is 18.2 Å². The van der Waals surface area contributed by atoms with E-state index in [-0.39, 0.29) is 0 Å². The van der Waals surface area contributed by atoms with Crippen molar-refractivity contribution < 1.29 is 5.11 Å². The lowest BCUT2D eigenvalue weighted by Gasteiger charge is -2.37. The number of unbranched alkanes of at least 4 members (excludes halogenated alkanes) is 1. The molecular formula is C15H27N3O. The molecule has 1 saturated heterocycles. The lowest BCUT2D eigenvalue weighted by Crippen LogP contribution is -2.43. The fourth-order valence-electron chi connectivity index (χ4n) is 2.96. The number of piperidine rings is 1. The van der Waals surface area contributed by atoms with Gasteiger partial charge in [-0.15, -0.1) is 0 Å². The molecule has 19 heavy (non-hydrogen) atoms. The molecule has 1 N–H and O–H groups in total. The standard InChI is InChI=1S/C15H27N3O/c1-13-5-6-15(12-19)11-18(13)9-4-3-8-17-10-7-16-14(17)2/h7,10,13,15,19H,3-6,8-9,11-12H2,1-2H3. The fourth-order valence-corrected chi connectivity index (χ4v) is 2.96. The number of aliphatic hydroxyl groups excluding tert-OH is 1. The first-order valence-electron chi connectivity index (χ1n) is 7.53. The topological polar surface area (TPSA) is 41.3 Å². The maximum Gasteiger partial charge on any atom is 0.105 e. The van der Waals surface area contributed by atoms with Crippen LogP contribution in [0, 0.1) is 12.8 Å². The second kappa shape index (κ2) is 7.06. The van der Waals surface area contributed by atoms with E-state index in [9.17, 15) is 5.11 Å². The summed E-state index contributed by atoms with van der Waals surface area (Å²) >= 11 is 0. The number of rotatable bonds is 6. The molecule has 0 aliphatic carbocycles. The first-order chi connectivity index (χ1) is 9.20. The van der Waals surface area contributed by atoms with Gasteiger partial charge in [-0.2, -0.15) is 0 Å². The van der Waals surface area contributed by atoms with Crippen molar-refractivity contribution >= 4 is 0 Å². The Morgan fingerprint density at radius 1 is 1.32 bits per heavy atom. The van der Waals surface area contributed by atoms with E-state index in [4.69, 9.17) is 0 Å². The highest BCUT2D eigenvalue weighted by molar-refractivity contribution is 4.88. The van der Waals surface area contributed by atoms with Crippen molar-refractivity contribution in [2.75, 3.05) is 19.7 Å². The van der Waals surface area contributed by atoms with Crippen LogP contribution in [0.5, 0.6) is 0 Å². The Morgan fingerprint density at radius 2 is 2.11 bits per heavy atom. The van der Waals surface area contributed by atoms with Crippen LogP contribution in [0.1, 0.15) is 38.4 Å². The van der Waals surface area contributed by atoms with E-state index in [0.29, 0.717) is 18.6 Å². The number of imidazole rings is 1. The molecule has 2 heterocycles. The highest BCUT2D eigenvalue weighted by Gasteiger charge is 2.24. The van der Waals surface area contributed by atoms with Crippen LogP contribution in [0.2, 0.25) is 0 Å². The largest absolute Gasteiger partial charge is 0.396 e. The van der Waals surface area contributed by atoms with E-state index in [1.807, 2.05) is 6.20 Å². The lowest BCUT2D eigenvalue weighted by atomic mass is 9.94. The summed E-state index contributed by atoms with van der Waals surface area (Å²) in [6.07, 6.45) is 8.76. The summed E-state index contributed by atoms with van der Waals surface area (Å²) in [5.41, 5.74) is 0. The summed E-state index contributed by atoms with van der Waals surface area (Å²) in [7, 11) is 0. The smallest absolute Gasteiger partial charge is 0.105 e. The molecule has 2 rings (SSSR count). The lowest BCUT2D eigenvalue weighted by molar-refractivity contribution is 0.0813. The predicted octanol–water partition coefficient (Wildman–Crippen LogP) is 2.06. The minimum absolute atomic E-state index is 0.345. The van der Waals surface area contributed by atoms with Crippen molar-refractivity contribution in [2.24, 2.45) is 5.92 Å². The summed E-state index contributed by atoms with van der Waals surface area (Å²) in [5.74, 6) is 1.60. The van der Waals surface area contributed by atoms with Gasteiger partial charge in [-0.3, -0.25) is 0 Å². The van der Waals surface area contributed by atoms with Gasteiger partial charge < -0.3 is 14.6 Å². The highest BCUT2D eigenvalue weighted by Crippen LogP contribution is 2.21. The van der Waals surface area contributed by atoms with Gasteiger partial charge in [0.05, 0.1) is 0 Å². The Labute approximate surface area is 116 Å². The molecule has 4 nitrogen and oxygen atoms in total. The summed E-state index contributed by atoms with van der Waals surface area (Å²) in [6, 6.07) is 0.679. The molecule has 1 aliphatic heterocycles. The van der Waals surface area contributed by atoms with Crippen LogP contribution >= 0.6 is 0 Å². The van der Waals surface area contributed by atoms with Crippen molar-refractivity contribution in [1.82, 2.24) is 14.5 Å². The summed E-state index contributed by atoms with van der Waals surface area (Å²) < 4.78 is 2.22. The number of aryl methyl sites for hydroxylation is 2. The second-order valence-corrected chi connectivity index (χ2v) is 5.84. The molecule has 1 aromatic heterocycles. The number of nitrogens with zero attached hydrogens (tertiary/aromatic N) is 3. The van der Waals surface area contributed by atoms with Gasteiger partial charge >= 0.3 is 0 Å². The van der Waals surface area contributed by atoms with Crippen LogP contribution in [0.15, 0.2) is 12.4 Å². The molecule has 0 aromatic carbocycles. The van der Waals surface area contributed by atoms with Gasteiger partial charge in [-0.25, -0.2) is 4.98 Å². The average Bonchev–Trinajstić information content (AvgIpc) is 2.82. The van der Waals surface area contributed by atoms with E-state index >= 15 is 0 Å². The number of aromatic nitrogens is 2. The van der Waals surface area contributed by atoms with Crippen molar-refractivity contribution in [1.29, 1.82) is 0 Å². The van der Waals surface area contributed by atoms with Gasteiger partial charge in [0, 0.05) is 38.1 Å². The fraction of sp³-hybridized carbons (Fsp3) is 0.800. The third-order valence-corrected chi connectivity index (χ3v) is 4.38. The molecule has 4 heteroatoms. The summed E-state index contributed by atoms with van der Waals surface area (Å²) in [5, 5.41) is 9.29. The Hall–Kier alpha value is -0.870. The number of aliphatic hydroxyl groups is 1. The zero-order valence-electron chi connectivity index (χ0n) is 12.3. The van der Waals surface area contributed by atoms with Crippen molar-refractivity contribution in [2.45, 2.75) is 52.1 Å².